The van der Waals surface area contributed by atoms with Gasteiger partial charge in [-0.1, -0.05) is 158 Å². The van der Waals surface area contributed by atoms with Crippen LogP contribution in [0.3, 0.4) is 0 Å². The predicted octanol–water partition coefficient (Wildman–Crippen LogP) is 23.1. The monoisotopic (exact) mass is 1530 g/mol. The molecule has 0 unspecified atom stereocenters. The third-order valence-electron chi connectivity index (χ3n) is 22.8. The summed E-state index contributed by atoms with van der Waals surface area (Å²) < 4.78 is 11.0. The minimum Gasteiger partial charge on any atom is -0.0622 e. The van der Waals surface area contributed by atoms with Crippen molar-refractivity contribution in [2.75, 3.05) is 24.5 Å². The standard InChI is InChI=1S/C102H67B2N5OTe/c1-7-33-68(34-8-1)77-45-19-26-52-87(77)105(72-41-15-5-16-42-72)75-61-94-101-95(62-75)108(89-54-28-21-47-79(89)70-37-11-3-12-38-70)91-56-30-24-50-83(91)103(101)85-66-86-97(67-93(85)107(94)74-59-60-82-81-49-23-32-58-99(81)111-100(82)65-74)110-98-64-76(106(73-43-17-6-18-44-73)88-53-27-20-46-78(88)69-35-9-2-10-36-69)63-96-102(98)104(86)84-51-25-31-57-92(84)109(96)90-55-29-22-48-80(90)71-39-13-4-14-40-71/h1-67H. The van der Waals surface area contributed by atoms with E-state index >= 15 is 0 Å². The summed E-state index contributed by atoms with van der Waals surface area (Å²) in [6.07, 6.45) is 0. The van der Waals surface area contributed by atoms with E-state index in [1.54, 1.807) is 0 Å². The summed E-state index contributed by atoms with van der Waals surface area (Å²) in [5.41, 5.74) is 32.2. The van der Waals surface area contributed by atoms with E-state index in [1.807, 2.05) is 0 Å². The molecule has 111 heavy (non-hydrogen) atoms. The van der Waals surface area contributed by atoms with E-state index in [9.17, 15) is 0 Å². The Balaban J connectivity index is 0.843. The van der Waals surface area contributed by atoms with E-state index < -0.39 is 20.4 Å². The van der Waals surface area contributed by atoms with Crippen molar-refractivity contribution in [3.63, 3.8) is 0 Å². The zero-order chi connectivity index (χ0) is 73.0. The minimum absolute atomic E-state index is 0.258. The summed E-state index contributed by atoms with van der Waals surface area (Å²) in [5, 5.41) is 2.68. The van der Waals surface area contributed by atoms with Crippen LogP contribution in [0.15, 0.2) is 406 Å². The molecule has 0 saturated heterocycles. The molecule has 22 rings (SSSR count). The summed E-state index contributed by atoms with van der Waals surface area (Å²) in [6.45, 7) is -0.527. The number of benzene rings is 17. The van der Waals surface area contributed by atoms with Crippen LogP contribution in [0.2, 0.25) is 0 Å². The van der Waals surface area contributed by atoms with Crippen molar-refractivity contribution in [3.05, 3.63) is 406 Å². The Morgan fingerprint density at radius 1 is 0.234 bits per heavy atom. The van der Waals surface area contributed by atoms with E-state index in [-0.39, 0.29) is 13.4 Å². The fraction of sp³-hybridized carbons (Fsp3) is 0. The third kappa shape index (κ3) is 10.6. The summed E-state index contributed by atoms with van der Waals surface area (Å²) in [5.74, 6) is 1.62. The Bertz CT molecular complexity index is 6680. The second-order valence-corrected chi connectivity index (χ2v) is 32.1. The van der Waals surface area contributed by atoms with Gasteiger partial charge in [0.15, 0.2) is 0 Å². The van der Waals surface area contributed by atoms with Crippen LogP contribution in [0.1, 0.15) is 0 Å². The van der Waals surface area contributed by atoms with Crippen LogP contribution < -0.4 is 62.0 Å². The molecule has 0 amide bonds. The average Bonchev–Trinajstić information content (AvgIpc) is 0.977. The molecular weight excluding hydrogens is 1460 g/mol. The molecule has 0 radical (unpaired) electrons. The van der Waals surface area contributed by atoms with Crippen LogP contribution in [-0.2, 0) is 0 Å². The van der Waals surface area contributed by atoms with Gasteiger partial charge in [-0.05, 0) is 35.4 Å². The van der Waals surface area contributed by atoms with Gasteiger partial charge in [0.1, 0.15) is 0 Å². The molecule has 18 aromatic rings. The van der Waals surface area contributed by atoms with Gasteiger partial charge in [-0.15, -0.1) is 0 Å². The Morgan fingerprint density at radius 3 is 1.16 bits per heavy atom. The van der Waals surface area contributed by atoms with Crippen LogP contribution in [0.5, 0.6) is 11.5 Å². The molecule has 5 heterocycles. The molecule has 0 spiro atoms. The zero-order valence-electron chi connectivity index (χ0n) is 60.4. The van der Waals surface area contributed by atoms with Crippen molar-refractivity contribution in [1.82, 2.24) is 0 Å². The number of hydrogen-bond acceptors (Lipinski definition) is 6. The van der Waals surface area contributed by atoms with Gasteiger partial charge in [0, 0.05) is 16.8 Å². The molecule has 518 valence electrons. The van der Waals surface area contributed by atoms with Crippen LogP contribution in [0.4, 0.5) is 85.3 Å². The SMILES string of the molecule is c1ccc(-c2ccccc2N(c2ccccc2)c2cc3c4c(c2)N(c2ccccc2-c2ccccc2)c2ccccc2B4c2cc4c(cc2O3)N(c2ccc3c(c2)[te]c2ccccc23)c2cc(N(c3ccccc3)c3ccccc3-c3ccccc3)cc3c2B4c2ccccc2N3c2ccccc2-c2ccccc2)cc1. The quantitative estimate of drug-likeness (QED) is 0.107. The summed E-state index contributed by atoms with van der Waals surface area (Å²) in [4.78, 5) is 12.7. The van der Waals surface area contributed by atoms with E-state index in [2.05, 4.69) is 431 Å². The molecule has 0 fully saturated rings. The summed E-state index contributed by atoms with van der Waals surface area (Å²) in [6, 6.07) is 151. The summed E-state index contributed by atoms with van der Waals surface area (Å²) in [7, 11) is 0. The van der Waals surface area contributed by atoms with Crippen LogP contribution in [0.25, 0.3) is 62.1 Å². The first kappa shape index (κ1) is 64.6. The van der Waals surface area contributed by atoms with Crippen molar-refractivity contribution in [2.24, 2.45) is 0 Å². The van der Waals surface area contributed by atoms with Crippen LogP contribution in [-0.4, -0.2) is 33.9 Å². The molecule has 0 aliphatic carbocycles. The zero-order valence-corrected chi connectivity index (χ0v) is 62.7. The van der Waals surface area contributed by atoms with Gasteiger partial charge in [0.25, 0.3) is 0 Å². The Hall–Kier alpha value is -13.5. The van der Waals surface area contributed by atoms with Gasteiger partial charge in [0.05, 0.1) is 11.4 Å². The Morgan fingerprint density at radius 2 is 0.631 bits per heavy atom. The van der Waals surface area contributed by atoms with Gasteiger partial charge >= 0.3 is 440 Å². The van der Waals surface area contributed by atoms with Crippen molar-refractivity contribution < 1.29 is 4.74 Å². The molecule has 17 aromatic carbocycles. The van der Waals surface area contributed by atoms with E-state index in [1.165, 1.54) is 39.4 Å². The second kappa shape index (κ2) is 26.7. The van der Waals surface area contributed by atoms with Gasteiger partial charge in [0.2, 0.25) is 0 Å². The predicted molar refractivity (Wildman–Crippen MR) is 469 cm³/mol. The van der Waals surface area contributed by atoms with E-state index in [0.717, 1.165) is 152 Å². The molecule has 6 nitrogen and oxygen atoms in total. The third-order valence-corrected chi connectivity index (χ3v) is 26.1. The molecule has 0 saturated carbocycles. The number of rotatable bonds is 13. The van der Waals surface area contributed by atoms with Crippen molar-refractivity contribution in [1.29, 1.82) is 0 Å². The topological polar surface area (TPSA) is 25.4 Å². The van der Waals surface area contributed by atoms with Crippen LogP contribution >= 0.6 is 0 Å². The number of fused-ring (bicyclic) bond motifs is 11. The molecule has 4 aliphatic rings. The van der Waals surface area contributed by atoms with Gasteiger partial charge in [-0.25, -0.2) is 0 Å². The smallest absolute Gasteiger partial charge is 0.0622 e. The first-order valence-corrected chi connectivity index (χ1v) is 40.4. The van der Waals surface area contributed by atoms with E-state index in [0.29, 0.717) is 0 Å². The molecule has 0 N–H and O–H groups in total. The molecule has 1 aromatic heterocycles. The number of nitrogens with zero attached hydrogens (tertiary/aromatic N) is 5. The average molecular weight is 1530 g/mol. The summed E-state index contributed by atoms with van der Waals surface area (Å²) >= 11 is -0.771. The maximum absolute atomic E-state index is 8.12. The molecule has 4 aliphatic heterocycles. The Labute approximate surface area is 656 Å². The number of para-hydroxylation sites is 8. The first-order valence-electron chi connectivity index (χ1n) is 38.1. The molecular formula is C102H67B2N5OTe. The molecule has 0 bridgehead atoms. The normalized spacial score (nSPS) is 12.7. The Kier molecular flexibility index (Phi) is 15.5. The van der Waals surface area contributed by atoms with Gasteiger partial charge in [-0.3, -0.25) is 0 Å². The first-order chi connectivity index (χ1) is 55.1. The number of anilines is 15. The van der Waals surface area contributed by atoms with E-state index in [4.69, 9.17) is 4.74 Å². The second-order valence-electron chi connectivity index (χ2n) is 29.0. The minimum atomic E-state index is -0.771. The number of hydrogen-bond donors (Lipinski definition) is 0. The molecule has 0 atom stereocenters. The fourth-order valence-corrected chi connectivity index (χ4v) is 21.4. The van der Waals surface area contributed by atoms with Gasteiger partial charge < -0.3 is 0 Å². The molecule has 9 heteroatoms. The fourth-order valence-electron chi connectivity index (χ4n) is 18.1. The van der Waals surface area contributed by atoms with Crippen molar-refractivity contribution >= 4 is 170 Å². The maximum atomic E-state index is 8.12. The van der Waals surface area contributed by atoms with Crippen molar-refractivity contribution in [3.8, 4) is 56.0 Å². The number of ether oxygens (including phenoxy) is 1. The van der Waals surface area contributed by atoms with Gasteiger partial charge in [-0.2, -0.15) is 0 Å². The van der Waals surface area contributed by atoms with Crippen molar-refractivity contribution in [2.45, 2.75) is 0 Å². The van der Waals surface area contributed by atoms with Crippen LogP contribution in [0, 0.1) is 0 Å².